The molecule has 6 aliphatic rings. The van der Waals surface area contributed by atoms with Gasteiger partial charge in [0, 0.05) is 110 Å². The molecule has 0 spiro atoms. The Morgan fingerprint density at radius 3 is 2.36 bits per heavy atom. The molecule has 0 radical (unpaired) electrons. The van der Waals surface area contributed by atoms with Crippen molar-refractivity contribution in [3.63, 3.8) is 0 Å². The van der Waals surface area contributed by atoms with Crippen molar-refractivity contribution in [3.8, 4) is 35.7 Å². The van der Waals surface area contributed by atoms with E-state index in [1.807, 2.05) is 53.2 Å². The fourth-order valence-corrected chi connectivity index (χ4v) is 14.1. The van der Waals surface area contributed by atoms with Gasteiger partial charge in [-0.05, 0) is 99.6 Å². The molecule has 6 aliphatic heterocycles. The molecule has 5 fully saturated rings. The average molecular weight is 1090 g/mol. The highest BCUT2D eigenvalue weighted by Crippen LogP contribution is 2.45. The zero-order valence-electron chi connectivity index (χ0n) is 44.1. The van der Waals surface area contributed by atoms with E-state index in [0.29, 0.717) is 83.0 Å². The number of hydrogen-bond acceptors (Lipinski definition) is 16. The third-order valence-corrected chi connectivity index (χ3v) is 18.5. The van der Waals surface area contributed by atoms with Crippen LogP contribution in [0.3, 0.4) is 0 Å². The lowest BCUT2D eigenvalue weighted by molar-refractivity contribution is 0.187. The number of likely N-dealkylation sites (N-methyl/N-ethyl adjacent to an activating group) is 3. The van der Waals surface area contributed by atoms with Crippen molar-refractivity contribution in [2.75, 3.05) is 101 Å². The van der Waals surface area contributed by atoms with Gasteiger partial charge in [-0.2, -0.15) is 30.5 Å². The quantitative estimate of drug-likeness (QED) is 0.107. The Kier molecular flexibility index (Phi) is 13.4. The molecule has 9 heterocycles. The van der Waals surface area contributed by atoms with Crippen molar-refractivity contribution in [3.05, 3.63) is 106 Å². The highest BCUT2D eigenvalue weighted by atomic mass is 35.5. The molecule has 6 atom stereocenters. The van der Waals surface area contributed by atoms with Crippen molar-refractivity contribution < 1.29 is 13.9 Å². The van der Waals surface area contributed by atoms with Gasteiger partial charge in [-0.1, -0.05) is 71.7 Å². The molecule has 7 aromatic rings. The summed E-state index contributed by atoms with van der Waals surface area (Å²) in [6, 6.07) is 23.0. The van der Waals surface area contributed by atoms with Gasteiger partial charge in [0.2, 0.25) is 0 Å². The van der Waals surface area contributed by atoms with Crippen LogP contribution in [0.25, 0.3) is 43.7 Å². The largest absolute Gasteiger partial charge is 0.462 e. The molecule has 19 heteroatoms. The first kappa shape index (κ1) is 50.5. The van der Waals surface area contributed by atoms with Crippen LogP contribution in [0.2, 0.25) is 10.0 Å². The number of pyridine rings is 1. The smallest absolute Gasteiger partial charge is 0.319 e. The van der Waals surface area contributed by atoms with Crippen LogP contribution in [0.5, 0.6) is 12.0 Å². The van der Waals surface area contributed by atoms with E-state index in [2.05, 4.69) is 70.3 Å². The molecule has 16 nitrogen and oxygen atoms in total. The molecule has 1 unspecified atom stereocenters. The lowest BCUT2D eigenvalue weighted by Crippen LogP contribution is -2.38. The van der Waals surface area contributed by atoms with Gasteiger partial charge in [0.05, 0.1) is 34.7 Å². The van der Waals surface area contributed by atoms with E-state index >= 15 is 4.39 Å². The van der Waals surface area contributed by atoms with Crippen molar-refractivity contribution in [1.82, 2.24) is 44.5 Å². The fraction of sp³-hybridized carbons (Fsp3) is 0.441. The number of fused-ring (bicyclic) bond motifs is 5. The number of rotatable bonds is 12. The molecule has 5 saturated heterocycles. The van der Waals surface area contributed by atoms with Gasteiger partial charge in [-0.25, -0.2) is 4.39 Å². The molecule has 4 aromatic carbocycles. The molecule has 3 aromatic heterocycles. The van der Waals surface area contributed by atoms with Crippen LogP contribution >= 0.6 is 23.2 Å². The van der Waals surface area contributed by atoms with Crippen molar-refractivity contribution in [2.45, 2.75) is 75.2 Å². The molecule has 0 aliphatic carbocycles. The van der Waals surface area contributed by atoms with Crippen LogP contribution < -0.4 is 24.2 Å². The van der Waals surface area contributed by atoms with Gasteiger partial charge >= 0.3 is 12.0 Å². The van der Waals surface area contributed by atoms with E-state index in [-0.39, 0.29) is 47.9 Å². The Balaban J connectivity index is 0.777. The summed E-state index contributed by atoms with van der Waals surface area (Å²) in [7, 11) is 6.20. The second-order valence-corrected chi connectivity index (χ2v) is 23.1. The molecule has 0 N–H and O–H groups in total. The number of benzene rings is 4. The Labute approximate surface area is 463 Å². The SMILES string of the molecule is CN1CCC[C@H]1COc1nc2c(c(N3CC[C@@H]4CN(C#N)C[C@@H]43)n1)CCN(c1cccc3c(C4C[C@@H](COc5nc(N(C)[C@@H]6CCN(C#N)C6)c6cnc(-c7cccc8cccc(Cl)c78)c(F)c6n5)N(C)C4)ccc(Cl)c13)C2. The van der Waals surface area contributed by atoms with E-state index in [9.17, 15) is 10.5 Å². The lowest BCUT2D eigenvalue weighted by atomic mass is 9.90. The van der Waals surface area contributed by atoms with E-state index in [1.54, 1.807) is 17.2 Å². The number of nitriles is 2. The van der Waals surface area contributed by atoms with Crippen molar-refractivity contribution in [1.29, 1.82) is 10.5 Å². The van der Waals surface area contributed by atoms with Gasteiger partial charge in [0.25, 0.3) is 0 Å². The second kappa shape index (κ2) is 20.7. The van der Waals surface area contributed by atoms with Crippen molar-refractivity contribution in [2.24, 2.45) is 5.92 Å². The van der Waals surface area contributed by atoms with Gasteiger partial charge in [-0.15, -0.1) is 0 Å². The van der Waals surface area contributed by atoms with Crippen molar-refractivity contribution >= 4 is 73.0 Å². The number of likely N-dealkylation sites (tertiary alicyclic amines) is 4. The van der Waals surface area contributed by atoms with Crippen LogP contribution in [0.1, 0.15) is 54.8 Å². The predicted molar refractivity (Wildman–Crippen MR) is 302 cm³/mol. The van der Waals surface area contributed by atoms with Crippen LogP contribution in [-0.2, 0) is 13.0 Å². The Bertz CT molecular complexity index is 3570. The summed E-state index contributed by atoms with van der Waals surface area (Å²) >= 11 is 14.0. The first-order valence-electron chi connectivity index (χ1n) is 27.4. The maximum Gasteiger partial charge on any atom is 0.319 e. The zero-order chi connectivity index (χ0) is 53.3. The molecular formula is C59H61Cl2FN14O2. The zero-order valence-corrected chi connectivity index (χ0v) is 45.6. The highest BCUT2D eigenvalue weighted by molar-refractivity contribution is 6.37. The van der Waals surface area contributed by atoms with Gasteiger partial charge in [0.1, 0.15) is 36.1 Å². The predicted octanol–water partition coefficient (Wildman–Crippen LogP) is 9.12. The van der Waals surface area contributed by atoms with Crippen LogP contribution in [0.4, 0.5) is 21.7 Å². The summed E-state index contributed by atoms with van der Waals surface area (Å²) in [5.41, 5.74) is 5.22. The Hall–Kier alpha value is -7.02. The van der Waals surface area contributed by atoms with E-state index in [1.165, 1.54) is 5.56 Å². The van der Waals surface area contributed by atoms with E-state index in [4.69, 9.17) is 57.6 Å². The van der Waals surface area contributed by atoms with Gasteiger partial charge in [-0.3, -0.25) is 9.88 Å². The molecule has 0 bridgehead atoms. The normalized spacial score (nSPS) is 23.4. The molecule has 78 heavy (non-hydrogen) atoms. The molecular weight excluding hydrogens is 1030 g/mol. The standard InChI is InChI=1S/C59H61Cl2FN14O2/c1-70-20-7-10-39(70)31-77-58-66-48-29-75(22-19-43(48)57(69-58)76-23-17-36-27-74(34-64)30-50(36)76)49-14-6-11-42-41(15-16-47(61)52(42)49)37-24-40(71(2)26-37)32-78-59-67-55-45(56(68-59)72(3)38-18-21-73(28-38)33-63)25-65-54(53(55)62)44-12-4-8-35-9-5-13-46(60)51(35)44/h4-6,8-9,11-16,25,36-40,50H,7,10,17-24,26-32H2,1-3H3/t36-,37?,38-,39+,40+,50+/m1/s1. The van der Waals surface area contributed by atoms with E-state index in [0.717, 1.165) is 110 Å². The third-order valence-electron chi connectivity index (χ3n) is 17.9. The minimum atomic E-state index is -0.592. The van der Waals surface area contributed by atoms with Crippen LogP contribution in [-0.4, -0.2) is 155 Å². The van der Waals surface area contributed by atoms with Gasteiger partial charge in [0.15, 0.2) is 18.2 Å². The topological polar surface area (TPSA) is 153 Å². The molecule has 13 rings (SSSR count). The number of hydrogen-bond donors (Lipinski definition) is 0. The summed E-state index contributed by atoms with van der Waals surface area (Å²) < 4.78 is 30.3. The Morgan fingerprint density at radius 2 is 1.55 bits per heavy atom. The number of ether oxygens (including phenoxy) is 2. The lowest BCUT2D eigenvalue weighted by Gasteiger charge is -2.35. The average Bonchev–Trinajstić information content (AvgIpc) is 4.36. The number of aromatic nitrogens is 5. The summed E-state index contributed by atoms with van der Waals surface area (Å²) in [6.45, 7) is 7.57. The molecule has 0 amide bonds. The number of anilines is 3. The maximum atomic E-state index is 17.2. The summed E-state index contributed by atoms with van der Waals surface area (Å²) in [5, 5.41) is 24.9. The van der Waals surface area contributed by atoms with Gasteiger partial charge < -0.3 is 38.9 Å². The van der Waals surface area contributed by atoms with Crippen LogP contribution in [0, 0.1) is 34.6 Å². The van der Waals surface area contributed by atoms with E-state index < -0.39 is 5.82 Å². The molecule has 400 valence electrons. The summed E-state index contributed by atoms with van der Waals surface area (Å²) in [5.74, 6) is 1.45. The maximum absolute atomic E-state index is 17.2. The first-order chi connectivity index (χ1) is 38.0. The van der Waals surface area contributed by atoms with Crippen LogP contribution in [0.15, 0.2) is 72.9 Å². The number of halogens is 3. The summed E-state index contributed by atoms with van der Waals surface area (Å²) in [6.07, 6.45) is 11.9. The second-order valence-electron chi connectivity index (χ2n) is 22.3. The Morgan fingerprint density at radius 1 is 0.756 bits per heavy atom. The molecule has 0 saturated carbocycles. The number of nitrogens with zero attached hydrogens (tertiary/aromatic N) is 14. The minimum absolute atomic E-state index is 0.00451. The monoisotopic (exact) mass is 1090 g/mol. The fourth-order valence-electron chi connectivity index (χ4n) is 13.6. The third kappa shape index (κ3) is 9.02. The minimum Gasteiger partial charge on any atom is -0.462 e. The first-order valence-corrected chi connectivity index (χ1v) is 28.1. The summed E-state index contributed by atoms with van der Waals surface area (Å²) in [4.78, 5) is 39.9. The highest BCUT2D eigenvalue weighted by Gasteiger charge is 2.44.